The lowest BCUT2D eigenvalue weighted by Crippen LogP contribution is -2.34. The average molecular weight is 505 g/mol. The third kappa shape index (κ3) is 6.44. The van der Waals surface area contributed by atoms with Gasteiger partial charge in [-0.2, -0.15) is 8.61 Å². The van der Waals surface area contributed by atoms with Gasteiger partial charge in [-0.3, -0.25) is 19.9 Å². The molecule has 2 aromatic rings. The summed E-state index contributed by atoms with van der Waals surface area (Å²) in [6.45, 7) is 0. The Balaban J connectivity index is 2.24. The first-order valence-electron chi connectivity index (χ1n) is 8.38. The number of amides is 2. The van der Waals surface area contributed by atoms with Gasteiger partial charge >= 0.3 is 10.5 Å². The van der Waals surface area contributed by atoms with Crippen molar-refractivity contribution in [2.45, 2.75) is 6.42 Å². The number of benzene rings is 2. The van der Waals surface area contributed by atoms with Crippen molar-refractivity contribution in [3.05, 3.63) is 59.7 Å². The molecule has 0 radical (unpaired) electrons. The molecule has 0 bridgehead atoms. The summed E-state index contributed by atoms with van der Waals surface area (Å²) in [7, 11) is -7.69. The van der Waals surface area contributed by atoms with Crippen LogP contribution in [-0.4, -0.2) is 39.8 Å². The Morgan fingerprint density at radius 1 is 0.710 bits per heavy atom. The molecule has 0 fully saturated rings. The fourth-order valence-corrected chi connectivity index (χ4v) is 5.72. The number of rotatable bonds is 6. The number of hydrogen-bond donors (Lipinski definition) is 2. The van der Waals surface area contributed by atoms with Crippen LogP contribution in [0.3, 0.4) is 0 Å². The van der Waals surface area contributed by atoms with Crippen LogP contribution in [0, 0.1) is 0 Å². The van der Waals surface area contributed by atoms with Crippen LogP contribution < -0.4 is 18.9 Å². The lowest BCUT2D eigenvalue weighted by molar-refractivity contribution is 0.267. The number of carbonyl (C=O) groups excluding carboxylic acids is 2. The molecule has 0 saturated heterocycles. The highest BCUT2D eigenvalue weighted by Crippen LogP contribution is 2.25. The second-order valence-electron chi connectivity index (χ2n) is 6.33. The fraction of sp³-hybridized carbons (Fsp3) is 0.176. The highest BCUT2D eigenvalue weighted by molar-refractivity contribution is 8.14. The van der Waals surface area contributed by atoms with Gasteiger partial charge in [-0.25, -0.2) is 16.8 Å². The summed E-state index contributed by atoms with van der Waals surface area (Å²) in [5.41, 5.74) is 1.94. The zero-order valence-electron chi connectivity index (χ0n) is 16.5. The number of carbonyl (C=O) groups is 2. The lowest BCUT2D eigenvalue weighted by Gasteiger charge is -2.19. The SMILES string of the molecule is CS(=O)(=O)N(C(=O)SN)c1ccc(Cc2ccc(N(C(=O)SN)S(C)(=O)=O)cc2)cc1. The van der Waals surface area contributed by atoms with E-state index in [1.807, 2.05) is 0 Å². The summed E-state index contributed by atoms with van der Waals surface area (Å²) >= 11 is 0.596. The second kappa shape index (κ2) is 10.0. The third-order valence-corrected chi connectivity index (χ3v) is 7.03. The van der Waals surface area contributed by atoms with E-state index in [1.165, 1.54) is 24.3 Å². The van der Waals surface area contributed by atoms with Crippen LogP contribution >= 0.6 is 23.9 Å². The van der Waals surface area contributed by atoms with Crippen molar-refractivity contribution in [3.8, 4) is 0 Å². The third-order valence-electron chi connectivity index (χ3n) is 3.95. The summed E-state index contributed by atoms with van der Waals surface area (Å²) in [4.78, 5) is 23.7. The van der Waals surface area contributed by atoms with Crippen molar-refractivity contribution < 1.29 is 26.4 Å². The van der Waals surface area contributed by atoms with Crippen LogP contribution in [0.2, 0.25) is 0 Å². The molecule has 0 heterocycles. The highest BCUT2D eigenvalue weighted by atomic mass is 32.2. The summed E-state index contributed by atoms with van der Waals surface area (Å²) < 4.78 is 48.8. The molecule has 4 N–H and O–H groups in total. The molecule has 10 nitrogen and oxygen atoms in total. The molecule has 0 aromatic heterocycles. The Hall–Kier alpha value is -2.10. The number of sulfonamides is 2. The van der Waals surface area contributed by atoms with Gasteiger partial charge in [0.05, 0.1) is 23.9 Å². The maximum Gasteiger partial charge on any atom is 0.314 e. The monoisotopic (exact) mass is 504 g/mol. The van der Waals surface area contributed by atoms with E-state index in [0.717, 1.165) is 23.6 Å². The van der Waals surface area contributed by atoms with Gasteiger partial charge in [0.1, 0.15) is 0 Å². The summed E-state index contributed by atoms with van der Waals surface area (Å²) in [5, 5.41) is 8.78. The van der Waals surface area contributed by atoms with Gasteiger partial charge in [0.25, 0.3) is 0 Å². The van der Waals surface area contributed by atoms with E-state index in [2.05, 4.69) is 0 Å². The molecule has 0 saturated carbocycles. The first-order chi connectivity index (χ1) is 14.4. The molecule has 2 aromatic carbocycles. The highest BCUT2D eigenvalue weighted by Gasteiger charge is 2.26. The van der Waals surface area contributed by atoms with E-state index in [-0.39, 0.29) is 11.4 Å². The van der Waals surface area contributed by atoms with E-state index in [9.17, 15) is 26.4 Å². The van der Waals surface area contributed by atoms with E-state index in [1.54, 1.807) is 24.3 Å². The van der Waals surface area contributed by atoms with Gasteiger partial charge in [-0.05, 0) is 41.8 Å². The van der Waals surface area contributed by atoms with E-state index in [4.69, 9.17) is 10.3 Å². The molecular weight excluding hydrogens is 484 g/mol. The molecule has 0 aliphatic rings. The van der Waals surface area contributed by atoms with Crippen molar-refractivity contribution >= 4 is 65.8 Å². The zero-order valence-corrected chi connectivity index (χ0v) is 19.7. The van der Waals surface area contributed by atoms with Crippen LogP contribution in [-0.2, 0) is 26.5 Å². The summed E-state index contributed by atoms with van der Waals surface area (Å²) in [6, 6.07) is 12.6. The molecule has 0 unspecified atom stereocenters. The normalized spacial score (nSPS) is 11.7. The summed E-state index contributed by atoms with van der Waals surface area (Å²) in [6.07, 6.45) is 2.26. The second-order valence-corrected chi connectivity index (χ2v) is 11.2. The molecule has 0 aliphatic heterocycles. The van der Waals surface area contributed by atoms with Gasteiger partial charge < -0.3 is 0 Å². The standard InChI is InChI=1S/C17H20N4O6S4/c1-30(24,25)20(16(22)28-18)14-7-3-12(4-8-14)11-13-5-9-15(10-6-13)21(17(23)29-19)31(2,26)27/h3-10H,11,18-19H2,1-2H3. The maximum absolute atomic E-state index is 11.9. The van der Waals surface area contributed by atoms with Crippen molar-refractivity contribution in [1.82, 2.24) is 0 Å². The number of hydrogen-bond acceptors (Lipinski definition) is 10. The molecule has 0 spiro atoms. The minimum Gasteiger partial charge on any atom is -0.270 e. The number of anilines is 2. The molecule has 168 valence electrons. The van der Waals surface area contributed by atoms with Gasteiger partial charge in [-0.1, -0.05) is 24.3 Å². The molecule has 14 heteroatoms. The Labute approximate surface area is 189 Å². The Bertz CT molecular complexity index is 1070. The maximum atomic E-state index is 11.9. The van der Waals surface area contributed by atoms with Crippen LogP contribution in [0.15, 0.2) is 48.5 Å². The largest absolute Gasteiger partial charge is 0.314 e. The predicted octanol–water partition coefficient (Wildman–Crippen LogP) is 2.26. The average Bonchev–Trinajstić information content (AvgIpc) is 2.68. The van der Waals surface area contributed by atoms with E-state index < -0.39 is 30.5 Å². The first-order valence-corrected chi connectivity index (χ1v) is 13.8. The van der Waals surface area contributed by atoms with Crippen LogP contribution in [0.25, 0.3) is 0 Å². The van der Waals surface area contributed by atoms with Crippen LogP contribution in [0.5, 0.6) is 0 Å². The zero-order chi connectivity index (χ0) is 23.4. The van der Waals surface area contributed by atoms with Crippen molar-refractivity contribution in [2.24, 2.45) is 10.3 Å². The molecule has 0 atom stereocenters. The van der Waals surface area contributed by atoms with E-state index >= 15 is 0 Å². The van der Waals surface area contributed by atoms with Crippen molar-refractivity contribution in [1.29, 1.82) is 0 Å². The molecule has 2 amide bonds. The Kier molecular flexibility index (Phi) is 8.13. The van der Waals surface area contributed by atoms with Gasteiger partial charge in [0.15, 0.2) is 0 Å². The van der Waals surface area contributed by atoms with Gasteiger partial charge in [0.2, 0.25) is 20.0 Å². The van der Waals surface area contributed by atoms with Crippen LogP contribution in [0.1, 0.15) is 11.1 Å². The smallest absolute Gasteiger partial charge is 0.270 e. The summed E-state index contributed by atoms with van der Waals surface area (Å²) in [5.74, 6) is 0. The molecular formula is C17H20N4O6S4. The van der Waals surface area contributed by atoms with Crippen molar-refractivity contribution in [2.75, 3.05) is 21.1 Å². The van der Waals surface area contributed by atoms with Crippen molar-refractivity contribution in [3.63, 3.8) is 0 Å². The lowest BCUT2D eigenvalue weighted by atomic mass is 10.0. The number of nitrogens with two attached hydrogens (primary N) is 2. The van der Waals surface area contributed by atoms with Crippen LogP contribution in [0.4, 0.5) is 21.0 Å². The number of nitrogens with zero attached hydrogens (tertiary/aromatic N) is 2. The minimum absolute atomic E-state index is 0.158. The van der Waals surface area contributed by atoms with Gasteiger partial charge in [0, 0.05) is 23.9 Å². The minimum atomic E-state index is -3.84. The van der Waals surface area contributed by atoms with E-state index in [0.29, 0.717) is 38.9 Å². The Morgan fingerprint density at radius 3 is 1.23 bits per heavy atom. The Morgan fingerprint density at radius 2 is 1.00 bits per heavy atom. The fourth-order valence-electron chi connectivity index (χ4n) is 2.69. The topological polar surface area (TPSA) is 161 Å². The predicted molar refractivity (Wildman–Crippen MR) is 125 cm³/mol. The molecule has 0 aliphatic carbocycles. The molecule has 2 rings (SSSR count). The molecule has 31 heavy (non-hydrogen) atoms. The quantitative estimate of drug-likeness (QED) is 0.558. The first kappa shape index (κ1) is 25.2. The van der Waals surface area contributed by atoms with Gasteiger partial charge in [-0.15, -0.1) is 0 Å².